The molecule has 2 aromatic rings. The Morgan fingerprint density at radius 2 is 2.20 bits per heavy atom. The molecule has 0 unspecified atom stereocenters. The van der Waals surface area contributed by atoms with Gasteiger partial charge in [0.1, 0.15) is 10.4 Å². The van der Waals surface area contributed by atoms with Crippen molar-refractivity contribution in [1.82, 2.24) is 5.16 Å². The lowest BCUT2D eigenvalue weighted by Gasteiger charge is -2.00. The lowest BCUT2D eigenvalue weighted by Crippen LogP contribution is -1.77. The first-order valence-electron chi connectivity index (χ1n) is 4.24. The van der Waals surface area contributed by atoms with Gasteiger partial charge in [-0.1, -0.05) is 28.9 Å². The molecule has 1 aromatic heterocycles. The molecule has 0 aliphatic heterocycles. The minimum absolute atomic E-state index is 0.720. The van der Waals surface area contributed by atoms with Gasteiger partial charge in [-0.25, -0.2) is 0 Å². The number of nitrogens with zero attached hydrogens (tertiary/aromatic N) is 1. The highest BCUT2D eigenvalue weighted by atomic mass is 79.9. The Labute approximate surface area is 105 Å². The Kier molecular flexibility index (Phi) is 3.72. The molecule has 2 nitrogen and oxygen atoms in total. The highest BCUT2D eigenvalue weighted by Gasteiger charge is 2.04. The van der Waals surface area contributed by atoms with Gasteiger partial charge in [0.25, 0.3) is 0 Å². The third-order valence-corrected chi connectivity index (χ3v) is 3.65. The fourth-order valence-electron chi connectivity index (χ4n) is 1.07. The summed E-state index contributed by atoms with van der Waals surface area (Å²) in [7, 11) is 0. The molecular formula is C10H7BrClNOS. The molecule has 1 heterocycles. The van der Waals surface area contributed by atoms with Crippen molar-refractivity contribution in [2.24, 2.45) is 0 Å². The molecule has 0 radical (unpaired) electrons. The Bertz CT molecular complexity index is 460. The van der Waals surface area contributed by atoms with Gasteiger partial charge < -0.3 is 4.52 Å². The molecule has 0 saturated heterocycles. The van der Waals surface area contributed by atoms with E-state index >= 15 is 0 Å². The van der Waals surface area contributed by atoms with Crippen LogP contribution in [0.1, 0.15) is 5.76 Å². The Morgan fingerprint density at radius 3 is 2.87 bits per heavy atom. The molecule has 15 heavy (non-hydrogen) atoms. The fourth-order valence-corrected chi connectivity index (χ4v) is 2.51. The minimum Gasteiger partial charge on any atom is -0.359 e. The molecule has 0 amide bonds. The van der Waals surface area contributed by atoms with Gasteiger partial charge in [-0.15, -0.1) is 11.8 Å². The van der Waals surface area contributed by atoms with Gasteiger partial charge in [0.05, 0.1) is 10.8 Å². The molecule has 0 aliphatic carbocycles. The van der Waals surface area contributed by atoms with Crippen molar-refractivity contribution in [3.05, 3.63) is 45.7 Å². The maximum Gasteiger partial charge on any atom is 0.149 e. The molecule has 0 saturated carbocycles. The zero-order valence-electron chi connectivity index (χ0n) is 7.61. The van der Waals surface area contributed by atoms with Crippen LogP contribution in [-0.2, 0) is 5.75 Å². The van der Waals surface area contributed by atoms with Crippen molar-refractivity contribution in [3.8, 4) is 0 Å². The highest BCUT2D eigenvalue weighted by Crippen LogP contribution is 2.29. The SMILES string of the molecule is Clc1ccccc1SCc1cc(Br)no1. The Balaban J connectivity index is 2.02. The van der Waals surface area contributed by atoms with E-state index in [2.05, 4.69) is 21.1 Å². The molecular weight excluding hydrogens is 298 g/mol. The molecule has 0 spiro atoms. The van der Waals surface area contributed by atoms with Crippen molar-refractivity contribution in [1.29, 1.82) is 0 Å². The molecule has 0 fully saturated rings. The molecule has 2 rings (SSSR count). The second kappa shape index (κ2) is 5.05. The van der Waals surface area contributed by atoms with Gasteiger partial charge in [-0.05, 0) is 28.1 Å². The fraction of sp³-hybridized carbons (Fsp3) is 0.100. The van der Waals surface area contributed by atoms with E-state index in [1.807, 2.05) is 30.3 Å². The summed E-state index contributed by atoms with van der Waals surface area (Å²) in [6.07, 6.45) is 0. The topological polar surface area (TPSA) is 26.0 Å². The molecule has 0 atom stereocenters. The van der Waals surface area contributed by atoms with Crippen molar-refractivity contribution < 1.29 is 4.52 Å². The van der Waals surface area contributed by atoms with Gasteiger partial charge in [0, 0.05) is 11.0 Å². The maximum absolute atomic E-state index is 6.02. The van der Waals surface area contributed by atoms with Gasteiger partial charge >= 0.3 is 0 Å². The third kappa shape index (κ3) is 3.00. The van der Waals surface area contributed by atoms with E-state index in [1.165, 1.54) is 0 Å². The molecule has 0 aliphatic rings. The lowest BCUT2D eigenvalue weighted by atomic mass is 10.4. The average Bonchev–Trinajstić information content (AvgIpc) is 2.63. The van der Waals surface area contributed by atoms with Crippen LogP contribution < -0.4 is 0 Å². The van der Waals surface area contributed by atoms with E-state index in [-0.39, 0.29) is 0 Å². The monoisotopic (exact) mass is 303 g/mol. The normalized spacial score (nSPS) is 10.5. The van der Waals surface area contributed by atoms with Gasteiger partial charge in [0.2, 0.25) is 0 Å². The lowest BCUT2D eigenvalue weighted by molar-refractivity contribution is 0.391. The van der Waals surface area contributed by atoms with Gasteiger partial charge in [0.15, 0.2) is 0 Å². The zero-order chi connectivity index (χ0) is 10.7. The first-order chi connectivity index (χ1) is 7.25. The smallest absolute Gasteiger partial charge is 0.149 e. The predicted molar refractivity (Wildman–Crippen MR) is 65.2 cm³/mol. The Hall–Kier alpha value is -0.450. The van der Waals surface area contributed by atoms with E-state index < -0.39 is 0 Å². The molecule has 0 N–H and O–H groups in total. The van der Waals surface area contributed by atoms with Crippen molar-refractivity contribution in [2.75, 3.05) is 0 Å². The highest BCUT2D eigenvalue weighted by molar-refractivity contribution is 9.10. The summed E-state index contributed by atoms with van der Waals surface area (Å²) < 4.78 is 5.78. The van der Waals surface area contributed by atoms with Crippen molar-refractivity contribution in [2.45, 2.75) is 10.6 Å². The summed E-state index contributed by atoms with van der Waals surface area (Å²) in [5, 5.41) is 4.51. The number of aromatic nitrogens is 1. The average molecular weight is 305 g/mol. The maximum atomic E-state index is 6.02. The number of hydrogen-bond acceptors (Lipinski definition) is 3. The second-order valence-electron chi connectivity index (χ2n) is 2.84. The van der Waals surface area contributed by atoms with Crippen LogP contribution in [0.2, 0.25) is 5.02 Å². The first-order valence-corrected chi connectivity index (χ1v) is 6.40. The largest absolute Gasteiger partial charge is 0.359 e. The van der Waals surface area contributed by atoms with Crippen LogP contribution in [0.25, 0.3) is 0 Å². The summed E-state index contributed by atoms with van der Waals surface area (Å²) >= 11 is 10.9. The first kappa shape index (κ1) is 11.0. The van der Waals surface area contributed by atoms with E-state index in [9.17, 15) is 0 Å². The standard InChI is InChI=1S/C10H7BrClNOS/c11-10-5-7(14-13-10)6-15-9-4-2-1-3-8(9)12/h1-5H,6H2. The summed E-state index contributed by atoms with van der Waals surface area (Å²) in [6, 6.07) is 9.59. The third-order valence-electron chi connectivity index (χ3n) is 1.74. The summed E-state index contributed by atoms with van der Waals surface area (Å²) in [6.45, 7) is 0. The van der Waals surface area contributed by atoms with E-state index in [1.54, 1.807) is 11.8 Å². The Morgan fingerprint density at radius 1 is 1.40 bits per heavy atom. The quantitative estimate of drug-likeness (QED) is 0.787. The van der Waals surface area contributed by atoms with Crippen LogP contribution in [0, 0.1) is 0 Å². The van der Waals surface area contributed by atoms with Crippen molar-refractivity contribution in [3.63, 3.8) is 0 Å². The summed E-state index contributed by atoms with van der Waals surface area (Å²) in [5.41, 5.74) is 0. The second-order valence-corrected chi connectivity index (χ2v) is 5.07. The van der Waals surface area contributed by atoms with Crippen LogP contribution in [0.5, 0.6) is 0 Å². The van der Waals surface area contributed by atoms with E-state index in [0.29, 0.717) is 0 Å². The number of rotatable bonds is 3. The van der Waals surface area contributed by atoms with Gasteiger partial charge in [-0.2, -0.15) is 0 Å². The van der Waals surface area contributed by atoms with Crippen molar-refractivity contribution >= 4 is 39.3 Å². The van der Waals surface area contributed by atoms with Crippen LogP contribution in [0.4, 0.5) is 0 Å². The summed E-state index contributed by atoms with van der Waals surface area (Å²) in [5.74, 6) is 1.55. The number of hydrogen-bond donors (Lipinski definition) is 0. The van der Waals surface area contributed by atoms with E-state index in [4.69, 9.17) is 16.1 Å². The van der Waals surface area contributed by atoms with Crippen LogP contribution in [0.15, 0.2) is 44.4 Å². The summed E-state index contributed by atoms with van der Waals surface area (Å²) in [4.78, 5) is 1.05. The molecule has 5 heteroatoms. The number of halogens is 2. The zero-order valence-corrected chi connectivity index (χ0v) is 10.8. The molecule has 1 aromatic carbocycles. The molecule has 0 bridgehead atoms. The van der Waals surface area contributed by atoms with Crippen LogP contribution >= 0.6 is 39.3 Å². The number of benzene rings is 1. The minimum atomic E-state index is 0.720. The van der Waals surface area contributed by atoms with Crippen LogP contribution in [-0.4, -0.2) is 5.16 Å². The van der Waals surface area contributed by atoms with Gasteiger partial charge in [-0.3, -0.25) is 0 Å². The number of thioether (sulfide) groups is 1. The predicted octanol–water partition coefficient (Wildman–Crippen LogP) is 4.38. The van der Waals surface area contributed by atoms with Crippen LogP contribution in [0.3, 0.4) is 0 Å². The van der Waals surface area contributed by atoms with E-state index in [0.717, 1.165) is 26.0 Å². The molecule has 78 valence electrons.